The van der Waals surface area contributed by atoms with Crippen LogP contribution in [0.5, 0.6) is 5.75 Å². The number of phenolic OH excluding ortho intramolecular Hbond substituents is 1. The summed E-state index contributed by atoms with van der Waals surface area (Å²) in [5.74, 6) is -3.56. The summed E-state index contributed by atoms with van der Waals surface area (Å²) in [7, 11) is 7.66. The number of aromatic hydroxyl groups is 1. The highest BCUT2D eigenvalue weighted by Crippen LogP contribution is 2.54. The number of esters is 1. The van der Waals surface area contributed by atoms with E-state index in [9.17, 15) is 39.6 Å². The van der Waals surface area contributed by atoms with E-state index in [1.54, 1.807) is 19.0 Å². The highest BCUT2D eigenvalue weighted by Gasteiger charge is 2.64. The van der Waals surface area contributed by atoms with Crippen LogP contribution >= 0.6 is 0 Å². The molecule has 4 unspecified atom stereocenters. The molecule has 0 radical (unpaired) electrons. The summed E-state index contributed by atoms with van der Waals surface area (Å²) in [6.07, 6.45) is 0.101. The molecule has 1 saturated carbocycles. The van der Waals surface area contributed by atoms with Gasteiger partial charge in [-0.1, -0.05) is 5.92 Å². The molecule has 206 valence electrons. The van der Waals surface area contributed by atoms with E-state index in [0.29, 0.717) is 11.3 Å². The van der Waals surface area contributed by atoms with Crippen LogP contribution in [0.15, 0.2) is 23.0 Å². The van der Waals surface area contributed by atoms with Gasteiger partial charge >= 0.3 is 5.97 Å². The number of anilines is 1. The first-order valence-electron chi connectivity index (χ1n) is 12.0. The molecule has 3 aliphatic rings. The lowest BCUT2D eigenvalue weighted by Gasteiger charge is -2.50. The molecule has 12 heteroatoms. The number of likely N-dealkylation sites (N-methyl/N-ethyl adjacent to an activating group) is 1. The number of fused-ring (bicyclic) bond motifs is 3. The summed E-state index contributed by atoms with van der Waals surface area (Å²) < 4.78 is 4.51. The van der Waals surface area contributed by atoms with Gasteiger partial charge in [-0.2, -0.15) is 0 Å². The minimum absolute atomic E-state index is 0.0245. The zero-order chi connectivity index (χ0) is 29.1. The van der Waals surface area contributed by atoms with Crippen molar-refractivity contribution < 1.29 is 44.3 Å². The van der Waals surface area contributed by atoms with E-state index in [2.05, 4.69) is 16.6 Å². The number of primary amides is 1. The number of rotatable bonds is 3. The Labute approximate surface area is 223 Å². The maximum atomic E-state index is 13.9. The van der Waals surface area contributed by atoms with Crippen LogP contribution in [0.4, 0.5) is 5.69 Å². The van der Waals surface area contributed by atoms with Crippen molar-refractivity contribution >= 4 is 34.9 Å². The van der Waals surface area contributed by atoms with Crippen LogP contribution in [0.1, 0.15) is 23.1 Å². The second-order valence-electron chi connectivity index (χ2n) is 10.2. The van der Waals surface area contributed by atoms with Gasteiger partial charge in [-0.05, 0) is 44.5 Å². The van der Waals surface area contributed by atoms with Crippen molar-refractivity contribution in [2.45, 2.75) is 24.5 Å². The number of ketones is 2. The molecule has 12 nitrogen and oxygen atoms in total. The molecule has 0 spiro atoms. The Morgan fingerprint density at radius 1 is 1.15 bits per heavy atom. The number of nitrogens with zero attached hydrogens (tertiary/aromatic N) is 2. The van der Waals surface area contributed by atoms with Gasteiger partial charge in [-0.3, -0.25) is 19.3 Å². The average molecular weight is 540 g/mol. The highest BCUT2D eigenvalue weighted by molar-refractivity contribution is 6.24. The van der Waals surface area contributed by atoms with Crippen molar-refractivity contribution in [3.63, 3.8) is 0 Å². The molecule has 0 heterocycles. The number of aliphatic hydroxyl groups excluding tert-OH is 2. The lowest BCUT2D eigenvalue weighted by atomic mass is 9.57. The Hall–Kier alpha value is -4.34. The van der Waals surface area contributed by atoms with Crippen molar-refractivity contribution in [1.29, 1.82) is 0 Å². The van der Waals surface area contributed by atoms with E-state index < -0.39 is 69.8 Å². The zero-order valence-electron chi connectivity index (χ0n) is 22.0. The number of phenols is 1. The van der Waals surface area contributed by atoms with E-state index in [-0.39, 0.29) is 29.5 Å². The van der Waals surface area contributed by atoms with Gasteiger partial charge in [-0.25, -0.2) is 4.79 Å². The van der Waals surface area contributed by atoms with Crippen LogP contribution < -0.4 is 10.6 Å². The van der Waals surface area contributed by atoms with Gasteiger partial charge in [0.25, 0.3) is 5.91 Å². The molecular weight excluding hydrogens is 510 g/mol. The van der Waals surface area contributed by atoms with E-state index in [1.165, 1.54) is 25.1 Å². The summed E-state index contributed by atoms with van der Waals surface area (Å²) in [6, 6.07) is 0.365. The Morgan fingerprint density at radius 3 is 2.33 bits per heavy atom. The van der Waals surface area contributed by atoms with Gasteiger partial charge in [0.2, 0.25) is 5.78 Å². The second-order valence-corrected chi connectivity index (χ2v) is 10.2. The molecule has 1 fully saturated rings. The quantitative estimate of drug-likeness (QED) is 0.190. The summed E-state index contributed by atoms with van der Waals surface area (Å²) >= 11 is 0. The van der Waals surface area contributed by atoms with Crippen molar-refractivity contribution in [3.8, 4) is 17.6 Å². The number of Topliss-reactive ketones (excluding diaryl/α,β-unsaturated/α-hetero) is 2. The normalized spacial score (nSPS) is 25.9. The van der Waals surface area contributed by atoms with Crippen LogP contribution in [0, 0.1) is 23.7 Å². The molecule has 1 aromatic carbocycles. The van der Waals surface area contributed by atoms with Gasteiger partial charge < -0.3 is 35.8 Å². The van der Waals surface area contributed by atoms with Crippen molar-refractivity contribution in [1.82, 2.24) is 4.90 Å². The fourth-order valence-electron chi connectivity index (χ4n) is 5.96. The van der Waals surface area contributed by atoms with E-state index in [4.69, 9.17) is 5.73 Å². The number of carbonyl (C=O) groups is 4. The van der Waals surface area contributed by atoms with Crippen molar-refractivity contribution in [2.24, 2.45) is 17.6 Å². The molecule has 39 heavy (non-hydrogen) atoms. The van der Waals surface area contributed by atoms with Crippen molar-refractivity contribution in [2.75, 3.05) is 40.2 Å². The third-order valence-corrected chi connectivity index (χ3v) is 7.66. The molecule has 4 atom stereocenters. The first kappa shape index (κ1) is 27.7. The van der Waals surface area contributed by atoms with Crippen LogP contribution in [0.3, 0.4) is 0 Å². The molecule has 4 rings (SSSR count). The Kier molecular flexibility index (Phi) is 6.70. The monoisotopic (exact) mass is 539 g/mol. The number of hydrogen-bond acceptors (Lipinski definition) is 11. The molecule has 0 bridgehead atoms. The van der Waals surface area contributed by atoms with Gasteiger partial charge in [0.15, 0.2) is 11.4 Å². The lowest BCUT2D eigenvalue weighted by molar-refractivity contribution is -0.153. The van der Waals surface area contributed by atoms with Crippen LogP contribution in [0.25, 0.3) is 5.76 Å². The summed E-state index contributed by atoms with van der Waals surface area (Å²) in [5, 5.41) is 45.1. The number of methoxy groups -OCH3 is 1. The number of ether oxygens (including phenoxy) is 1. The average Bonchev–Trinajstić information content (AvgIpc) is 2.84. The number of amides is 1. The molecule has 0 aliphatic heterocycles. The third-order valence-electron chi connectivity index (χ3n) is 7.66. The maximum absolute atomic E-state index is 13.9. The number of hydrogen-bond donors (Lipinski definition) is 5. The minimum Gasteiger partial charge on any atom is -0.508 e. The molecule has 3 aliphatic carbocycles. The first-order valence-corrected chi connectivity index (χ1v) is 12.0. The second kappa shape index (κ2) is 9.44. The van der Waals surface area contributed by atoms with Gasteiger partial charge in [0.1, 0.15) is 22.8 Å². The number of nitrogens with two attached hydrogens (primary N) is 1. The van der Waals surface area contributed by atoms with E-state index >= 15 is 0 Å². The van der Waals surface area contributed by atoms with E-state index in [1.807, 2.05) is 0 Å². The van der Waals surface area contributed by atoms with Gasteiger partial charge in [0, 0.05) is 37.2 Å². The maximum Gasteiger partial charge on any atom is 0.384 e. The number of benzene rings is 1. The predicted octanol–water partition coefficient (Wildman–Crippen LogP) is -0.445. The topological polar surface area (TPSA) is 191 Å². The number of aliphatic hydroxyl groups is 3. The molecule has 0 saturated heterocycles. The molecule has 0 aromatic heterocycles. The largest absolute Gasteiger partial charge is 0.508 e. The fraction of sp³-hybridized carbons (Fsp3) is 0.407. The Morgan fingerprint density at radius 2 is 1.79 bits per heavy atom. The van der Waals surface area contributed by atoms with Crippen LogP contribution in [-0.2, 0) is 30.3 Å². The smallest absolute Gasteiger partial charge is 0.384 e. The van der Waals surface area contributed by atoms with Crippen LogP contribution in [-0.4, -0.2) is 95.7 Å². The van der Waals surface area contributed by atoms with E-state index in [0.717, 1.165) is 7.11 Å². The standard InChI is InChI=1S/C27H29N3O9/c1-29(2)15-10-11(6-7-16(31)39-5)21(32)18-13(15)8-12-9-14-20(30(3)4)23(34)19(26(28)37)25(36)27(14,38)24(35)17(12)22(18)33/h10,12,14,20,32-33,36,38H,8-9H2,1-5H3,(H2,28,37). The van der Waals surface area contributed by atoms with Gasteiger partial charge in [0.05, 0.1) is 24.3 Å². The summed E-state index contributed by atoms with van der Waals surface area (Å²) in [4.78, 5) is 53.9. The molecule has 6 N–H and O–H groups in total. The number of carbonyl (C=O) groups excluding carboxylic acids is 4. The molecule has 1 amide bonds. The SMILES string of the molecule is COC(=O)C#Cc1cc(N(C)C)c2c(c1O)C(O)=C1C(=O)C3(O)C(O)=C(C(N)=O)C(=O)C(N(C)C)C3CC1C2. The fourth-order valence-corrected chi connectivity index (χ4v) is 5.96. The lowest BCUT2D eigenvalue weighted by Crippen LogP contribution is -2.65. The Balaban J connectivity index is 2.00. The highest BCUT2D eigenvalue weighted by atomic mass is 16.5. The molecule has 1 aromatic rings. The van der Waals surface area contributed by atoms with Gasteiger partial charge in [-0.15, -0.1) is 0 Å². The summed E-state index contributed by atoms with van der Waals surface area (Å²) in [6.45, 7) is 0. The van der Waals surface area contributed by atoms with Crippen LogP contribution in [0.2, 0.25) is 0 Å². The Bertz CT molecular complexity index is 1460. The molecular formula is C27H29N3O9. The third kappa shape index (κ3) is 3.93. The predicted molar refractivity (Wildman–Crippen MR) is 137 cm³/mol. The summed E-state index contributed by atoms with van der Waals surface area (Å²) in [5.41, 5.74) is 2.33. The van der Waals surface area contributed by atoms with Crippen molar-refractivity contribution in [3.05, 3.63) is 39.7 Å². The first-order chi connectivity index (χ1) is 18.2. The zero-order valence-corrected chi connectivity index (χ0v) is 22.0. The minimum atomic E-state index is -2.73.